The standard InChI is InChI=1S/C21H21BrN4O3/c1-28-17-10-5-14(18(11-17)29-2)12-23-21(27)19-20(13-3-4-13)26(25-24-19)16-8-6-15(22)7-9-16/h5-11,13H,3-4,12H2,1-2H3,(H,23,27). The molecule has 1 aromatic heterocycles. The van der Waals surface area contributed by atoms with Gasteiger partial charge in [0.25, 0.3) is 5.91 Å². The Hall–Kier alpha value is -2.87. The number of benzene rings is 2. The number of halogens is 1. The van der Waals surface area contributed by atoms with Crippen LogP contribution >= 0.6 is 15.9 Å². The van der Waals surface area contributed by atoms with Crippen LogP contribution in [0.5, 0.6) is 11.5 Å². The number of ether oxygens (including phenoxy) is 2. The van der Waals surface area contributed by atoms with Gasteiger partial charge in [-0.05, 0) is 49.2 Å². The predicted octanol–water partition coefficient (Wildman–Crippen LogP) is 3.85. The van der Waals surface area contributed by atoms with E-state index in [4.69, 9.17) is 9.47 Å². The van der Waals surface area contributed by atoms with Gasteiger partial charge in [0.05, 0.1) is 25.6 Å². The fraction of sp³-hybridized carbons (Fsp3) is 0.286. The average Bonchev–Trinajstić information content (AvgIpc) is 3.50. The maximum atomic E-state index is 12.9. The Morgan fingerprint density at radius 2 is 1.93 bits per heavy atom. The van der Waals surface area contributed by atoms with Gasteiger partial charge in [-0.2, -0.15) is 0 Å². The highest BCUT2D eigenvalue weighted by molar-refractivity contribution is 9.10. The van der Waals surface area contributed by atoms with Crippen LogP contribution in [0.4, 0.5) is 0 Å². The van der Waals surface area contributed by atoms with Crippen LogP contribution in [0.2, 0.25) is 0 Å². The van der Waals surface area contributed by atoms with Crippen molar-refractivity contribution in [3.63, 3.8) is 0 Å². The Labute approximate surface area is 177 Å². The maximum absolute atomic E-state index is 12.9. The first-order chi connectivity index (χ1) is 14.1. The van der Waals surface area contributed by atoms with Crippen molar-refractivity contribution in [3.05, 3.63) is 63.9 Å². The molecule has 1 N–H and O–H groups in total. The molecule has 0 unspecified atom stereocenters. The molecule has 0 atom stereocenters. The van der Waals surface area contributed by atoms with Crippen LogP contribution < -0.4 is 14.8 Å². The zero-order chi connectivity index (χ0) is 20.4. The fourth-order valence-electron chi connectivity index (χ4n) is 3.20. The molecule has 0 spiro atoms. The molecule has 8 heteroatoms. The second-order valence-corrected chi connectivity index (χ2v) is 7.76. The molecule has 1 aliphatic rings. The third kappa shape index (κ3) is 4.12. The van der Waals surface area contributed by atoms with E-state index in [0.29, 0.717) is 29.7 Å². The molecule has 0 saturated heterocycles. The Balaban J connectivity index is 1.56. The van der Waals surface area contributed by atoms with Crippen LogP contribution in [0.15, 0.2) is 46.9 Å². The predicted molar refractivity (Wildman–Crippen MR) is 112 cm³/mol. The SMILES string of the molecule is COc1ccc(CNC(=O)c2nnn(-c3ccc(Br)cc3)c2C2CC2)c(OC)c1. The minimum atomic E-state index is -0.242. The van der Waals surface area contributed by atoms with Crippen LogP contribution in [-0.4, -0.2) is 35.1 Å². The maximum Gasteiger partial charge on any atom is 0.274 e. The summed E-state index contributed by atoms with van der Waals surface area (Å²) in [6, 6.07) is 13.3. The van der Waals surface area contributed by atoms with Gasteiger partial charge in [-0.1, -0.05) is 21.1 Å². The molecule has 1 saturated carbocycles. The highest BCUT2D eigenvalue weighted by Crippen LogP contribution is 2.42. The molecule has 1 heterocycles. The molecule has 0 bridgehead atoms. The molecule has 29 heavy (non-hydrogen) atoms. The molecule has 2 aromatic carbocycles. The van der Waals surface area contributed by atoms with Crippen LogP contribution in [-0.2, 0) is 6.54 Å². The largest absolute Gasteiger partial charge is 0.497 e. The number of nitrogens with one attached hydrogen (secondary N) is 1. The minimum Gasteiger partial charge on any atom is -0.497 e. The first-order valence-corrected chi connectivity index (χ1v) is 10.1. The quantitative estimate of drug-likeness (QED) is 0.583. The first-order valence-electron chi connectivity index (χ1n) is 9.31. The van der Waals surface area contributed by atoms with E-state index >= 15 is 0 Å². The lowest BCUT2D eigenvalue weighted by molar-refractivity contribution is 0.0944. The van der Waals surface area contributed by atoms with E-state index in [2.05, 4.69) is 31.6 Å². The van der Waals surface area contributed by atoms with E-state index < -0.39 is 0 Å². The Morgan fingerprint density at radius 3 is 2.59 bits per heavy atom. The fourth-order valence-corrected chi connectivity index (χ4v) is 3.47. The molecule has 150 valence electrons. The number of nitrogens with zero attached hydrogens (tertiary/aromatic N) is 3. The second kappa shape index (κ2) is 8.24. The van der Waals surface area contributed by atoms with E-state index in [1.807, 2.05) is 36.4 Å². The Morgan fingerprint density at radius 1 is 1.17 bits per heavy atom. The number of carbonyl (C=O) groups excluding carboxylic acids is 1. The summed E-state index contributed by atoms with van der Waals surface area (Å²) in [7, 11) is 3.19. The normalized spacial score (nSPS) is 13.2. The topological polar surface area (TPSA) is 78.3 Å². The van der Waals surface area contributed by atoms with Crippen LogP contribution in [0, 0.1) is 0 Å². The smallest absolute Gasteiger partial charge is 0.274 e. The van der Waals surface area contributed by atoms with Gasteiger partial charge in [0.15, 0.2) is 5.69 Å². The van der Waals surface area contributed by atoms with Crippen LogP contribution in [0.1, 0.15) is 40.5 Å². The number of methoxy groups -OCH3 is 2. The number of carbonyl (C=O) groups is 1. The Bertz CT molecular complexity index is 1030. The monoisotopic (exact) mass is 456 g/mol. The van der Waals surface area contributed by atoms with Gasteiger partial charge < -0.3 is 14.8 Å². The summed E-state index contributed by atoms with van der Waals surface area (Å²) >= 11 is 3.44. The molecule has 1 fully saturated rings. The number of hydrogen-bond donors (Lipinski definition) is 1. The van der Waals surface area contributed by atoms with E-state index in [-0.39, 0.29) is 5.91 Å². The lowest BCUT2D eigenvalue weighted by Gasteiger charge is -2.11. The van der Waals surface area contributed by atoms with Crippen molar-refractivity contribution in [1.82, 2.24) is 20.3 Å². The van der Waals surface area contributed by atoms with Crippen LogP contribution in [0.3, 0.4) is 0 Å². The third-order valence-corrected chi connectivity index (χ3v) is 5.42. The second-order valence-electron chi connectivity index (χ2n) is 6.85. The molecule has 0 radical (unpaired) electrons. The highest BCUT2D eigenvalue weighted by atomic mass is 79.9. The number of amides is 1. The zero-order valence-electron chi connectivity index (χ0n) is 16.2. The van der Waals surface area contributed by atoms with Gasteiger partial charge in [0.1, 0.15) is 11.5 Å². The van der Waals surface area contributed by atoms with Gasteiger partial charge >= 0.3 is 0 Å². The van der Waals surface area contributed by atoms with Gasteiger partial charge in [0.2, 0.25) is 0 Å². The molecule has 3 aromatic rings. The van der Waals surface area contributed by atoms with Gasteiger partial charge in [-0.25, -0.2) is 4.68 Å². The third-order valence-electron chi connectivity index (χ3n) is 4.89. The van der Waals surface area contributed by atoms with Gasteiger partial charge in [0, 0.05) is 28.6 Å². The zero-order valence-corrected chi connectivity index (χ0v) is 17.8. The lowest BCUT2D eigenvalue weighted by Crippen LogP contribution is -2.24. The van der Waals surface area contributed by atoms with E-state index in [1.165, 1.54) is 0 Å². The average molecular weight is 457 g/mol. The van der Waals surface area contributed by atoms with Crippen molar-refractivity contribution in [2.75, 3.05) is 14.2 Å². The van der Waals surface area contributed by atoms with E-state index in [0.717, 1.165) is 34.3 Å². The summed E-state index contributed by atoms with van der Waals surface area (Å²) in [6.45, 7) is 0.321. The van der Waals surface area contributed by atoms with Crippen molar-refractivity contribution in [2.45, 2.75) is 25.3 Å². The van der Waals surface area contributed by atoms with Gasteiger partial charge in [-0.15, -0.1) is 5.10 Å². The van der Waals surface area contributed by atoms with E-state index in [1.54, 1.807) is 25.0 Å². The van der Waals surface area contributed by atoms with Crippen molar-refractivity contribution >= 4 is 21.8 Å². The number of rotatable bonds is 7. The molecular weight excluding hydrogens is 436 g/mol. The molecular formula is C21H21BrN4O3. The van der Waals surface area contributed by atoms with Crippen molar-refractivity contribution in [1.29, 1.82) is 0 Å². The minimum absolute atomic E-state index is 0.242. The summed E-state index contributed by atoms with van der Waals surface area (Å²) in [5.74, 6) is 1.43. The molecule has 1 amide bonds. The van der Waals surface area contributed by atoms with E-state index in [9.17, 15) is 4.79 Å². The lowest BCUT2D eigenvalue weighted by atomic mass is 10.1. The molecule has 0 aliphatic heterocycles. The summed E-state index contributed by atoms with van der Waals surface area (Å²) < 4.78 is 13.4. The van der Waals surface area contributed by atoms with Crippen molar-refractivity contribution in [3.8, 4) is 17.2 Å². The summed E-state index contributed by atoms with van der Waals surface area (Å²) in [4.78, 5) is 12.9. The molecule has 4 rings (SSSR count). The summed E-state index contributed by atoms with van der Waals surface area (Å²) in [5, 5.41) is 11.4. The van der Waals surface area contributed by atoms with Crippen LogP contribution in [0.25, 0.3) is 5.69 Å². The Kier molecular flexibility index (Phi) is 5.53. The highest BCUT2D eigenvalue weighted by Gasteiger charge is 2.34. The molecule has 7 nitrogen and oxygen atoms in total. The molecule has 1 aliphatic carbocycles. The number of hydrogen-bond acceptors (Lipinski definition) is 5. The van der Waals surface area contributed by atoms with Crippen molar-refractivity contribution in [2.24, 2.45) is 0 Å². The number of aromatic nitrogens is 3. The summed E-state index contributed by atoms with van der Waals surface area (Å²) in [5.41, 5.74) is 2.99. The first kappa shape index (κ1) is 19.4. The van der Waals surface area contributed by atoms with Gasteiger partial charge in [-0.3, -0.25) is 4.79 Å². The van der Waals surface area contributed by atoms with Crippen molar-refractivity contribution < 1.29 is 14.3 Å². The summed E-state index contributed by atoms with van der Waals surface area (Å²) in [6.07, 6.45) is 2.08.